The second-order valence-corrected chi connectivity index (χ2v) is 8.53. The summed E-state index contributed by atoms with van der Waals surface area (Å²) in [6, 6.07) is 12.5. The predicted octanol–water partition coefficient (Wildman–Crippen LogP) is 1.73. The summed E-state index contributed by atoms with van der Waals surface area (Å²) in [5.41, 5.74) is 1.52. The Hall–Kier alpha value is -1.62. The summed E-state index contributed by atoms with van der Waals surface area (Å²) in [4.78, 5) is 8.11. The standard InChI is InChI=1S/C16H21N5O2S3/c22-26(23,18-21-8-2-1-3-9-21)17-14-4-6-15(7-5-14)19-10-12-20(13-11-19)16(24)25/h1-9,16-17,24-25H,10-13H2. The minimum Gasteiger partial charge on any atom is -0.369 e. The van der Waals surface area contributed by atoms with Crippen molar-refractivity contribution in [3.05, 3.63) is 59.7 Å². The number of rotatable bonds is 6. The van der Waals surface area contributed by atoms with Crippen molar-refractivity contribution in [2.24, 2.45) is 0 Å². The van der Waals surface area contributed by atoms with E-state index in [0.717, 1.165) is 31.9 Å². The summed E-state index contributed by atoms with van der Waals surface area (Å²) < 4.78 is 27.9. The van der Waals surface area contributed by atoms with Gasteiger partial charge in [0.2, 0.25) is 10.2 Å². The van der Waals surface area contributed by atoms with Crippen LogP contribution in [0.1, 0.15) is 0 Å². The van der Waals surface area contributed by atoms with E-state index in [1.807, 2.05) is 12.1 Å². The zero-order valence-corrected chi connectivity index (χ0v) is 16.6. The van der Waals surface area contributed by atoms with E-state index in [1.54, 1.807) is 42.7 Å². The lowest BCUT2D eigenvalue weighted by atomic mass is 10.2. The Morgan fingerprint density at radius 1 is 1.00 bits per heavy atom. The monoisotopic (exact) mass is 411 g/mol. The van der Waals surface area contributed by atoms with Gasteiger partial charge in [0.25, 0.3) is 0 Å². The molecule has 3 rings (SSSR count). The first-order chi connectivity index (χ1) is 12.4. The Morgan fingerprint density at radius 2 is 1.62 bits per heavy atom. The van der Waals surface area contributed by atoms with Crippen LogP contribution in [-0.4, -0.2) is 44.2 Å². The Morgan fingerprint density at radius 3 is 2.19 bits per heavy atom. The normalized spacial score (nSPS) is 15.9. The second-order valence-electron chi connectivity index (χ2n) is 5.83. The topological polar surface area (TPSA) is 70.6 Å². The molecule has 0 radical (unpaired) electrons. The molecule has 0 aliphatic carbocycles. The average molecular weight is 412 g/mol. The summed E-state index contributed by atoms with van der Waals surface area (Å²) in [7, 11) is -3.84. The molecular formula is C16H21N5O2S3. The molecule has 26 heavy (non-hydrogen) atoms. The molecule has 0 atom stereocenters. The van der Waals surface area contributed by atoms with Gasteiger partial charge >= 0.3 is 0 Å². The van der Waals surface area contributed by atoms with Crippen molar-refractivity contribution in [1.29, 1.82) is 0 Å². The van der Waals surface area contributed by atoms with E-state index in [2.05, 4.69) is 44.6 Å². The van der Waals surface area contributed by atoms with Gasteiger partial charge < -0.3 is 9.73 Å². The van der Waals surface area contributed by atoms with Crippen molar-refractivity contribution in [3.8, 4) is 0 Å². The third-order valence-corrected chi connectivity index (χ3v) is 5.57. The highest BCUT2D eigenvalue weighted by Crippen LogP contribution is 2.22. The molecule has 1 aliphatic rings. The van der Waals surface area contributed by atoms with Crippen LogP contribution in [0.15, 0.2) is 54.9 Å². The van der Waals surface area contributed by atoms with Gasteiger partial charge in [0, 0.05) is 49.7 Å². The first-order valence-corrected chi connectivity index (χ1v) is 10.6. The van der Waals surface area contributed by atoms with Crippen molar-refractivity contribution in [3.63, 3.8) is 0 Å². The van der Waals surface area contributed by atoms with Crippen LogP contribution in [0.3, 0.4) is 0 Å². The molecule has 0 bridgehead atoms. The molecule has 1 aromatic heterocycles. The molecule has 140 valence electrons. The van der Waals surface area contributed by atoms with Crippen molar-refractivity contribution in [1.82, 2.24) is 4.90 Å². The molecule has 1 aromatic carbocycles. The maximum Gasteiger partial charge on any atom is 0.224 e. The number of aromatic nitrogens is 1. The molecule has 2 aromatic rings. The SMILES string of the molecule is O=S(=O)([N-][n+]1ccccc1)Nc1ccc(N2CCN(C(S)S)CC2)cc1. The average Bonchev–Trinajstić information content (AvgIpc) is 2.62. The largest absolute Gasteiger partial charge is 0.369 e. The van der Waals surface area contributed by atoms with Gasteiger partial charge in [-0.15, -0.1) is 25.3 Å². The van der Waals surface area contributed by atoms with Crippen molar-refractivity contribution >= 4 is 46.8 Å². The van der Waals surface area contributed by atoms with E-state index < -0.39 is 10.2 Å². The van der Waals surface area contributed by atoms with Crippen LogP contribution in [0.25, 0.3) is 4.83 Å². The number of pyridine rings is 1. The molecule has 0 unspecified atom stereocenters. The number of nitrogens with zero attached hydrogens (tertiary/aromatic N) is 4. The zero-order valence-electron chi connectivity index (χ0n) is 14.0. The quantitative estimate of drug-likeness (QED) is 0.385. The highest BCUT2D eigenvalue weighted by atomic mass is 32.2. The number of benzene rings is 1. The fraction of sp³-hybridized carbons (Fsp3) is 0.312. The number of hydrogen-bond donors (Lipinski definition) is 3. The molecule has 2 heterocycles. The molecule has 10 heteroatoms. The third-order valence-electron chi connectivity index (χ3n) is 4.02. The molecule has 0 amide bonds. The minimum atomic E-state index is -3.84. The van der Waals surface area contributed by atoms with Crippen LogP contribution in [0.2, 0.25) is 0 Å². The fourth-order valence-electron chi connectivity index (χ4n) is 2.69. The Kier molecular flexibility index (Phi) is 6.17. The summed E-state index contributed by atoms with van der Waals surface area (Å²) in [5.74, 6) is 0. The number of hydrogen-bond acceptors (Lipinski definition) is 6. The second kappa shape index (κ2) is 8.38. The van der Waals surface area contributed by atoms with E-state index in [4.69, 9.17) is 0 Å². The lowest BCUT2D eigenvalue weighted by Gasteiger charge is -2.37. The maximum absolute atomic E-state index is 12.1. The molecule has 1 fully saturated rings. The van der Waals surface area contributed by atoms with Gasteiger partial charge in [-0.2, -0.15) is 0 Å². The maximum atomic E-state index is 12.1. The van der Waals surface area contributed by atoms with E-state index in [9.17, 15) is 8.42 Å². The molecular weight excluding hydrogens is 390 g/mol. The van der Waals surface area contributed by atoms with Gasteiger partial charge in [0.05, 0.1) is 4.71 Å². The van der Waals surface area contributed by atoms with Crippen LogP contribution < -0.4 is 14.3 Å². The highest BCUT2D eigenvalue weighted by Gasteiger charge is 2.19. The molecule has 1 N–H and O–H groups in total. The minimum absolute atomic E-state index is 0.0415. The lowest BCUT2D eigenvalue weighted by Crippen LogP contribution is -2.47. The van der Waals surface area contributed by atoms with Crippen LogP contribution in [-0.2, 0) is 10.2 Å². The molecule has 0 saturated carbocycles. The Bertz CT molecular complexity index is 808. The first kappa shape index (κ1) is 19.2. The summed E-state index contributed by atoms with van der Waals surface area (Å²) in [6.45, 7) is 3.53. The smallest absolute Gasteiger partial charge is 0.224 e. The van der Waals surface area contributed by atoms with Crippen molar-refractivity contribution in [2.75, 3.05) is 35.8 Å². The summed E-state index contributed by atoms with van der Waals surface area (Å²) in [6.07, 6.45) is 3.12. The van der Waals surface area contributed by atoms with Gasteiger partial charge in [0.1, 0.15) is 0 Å². The van der Waals surface area contributed by atoms with E-state index in [-0.39, 0.29) is 4.71 Å². The summed E-state index contributed by atoms with van der Waals surface area (Å²) >= 11 is 8.68. The van der Waals surface area contributed by atoms with Gasteiger partial charge in [-0.05, 0) is 24.3 Å². The number of nitrogens with one attached hydrogen (secondary N) is 1. The van der Waals surface area contributed by atoms with Crippen LogP contribution in [0, 0.1) is 0 Å². The fourth-order valence-corrected chi connectivity index (χ4v) is 3.98. The van der Waals surface area contributed by atoms with E-state index in [0.29, 0.717) is 5.69 Å². The lowest BCUT2D eigenvalue weighted by molar-refractivity contribution is -0.614. The number of thiol groups is 2. The number of piperazine rings is 1. The zero-order chi connectivity index (χ0) is 18.6. The van der Waals surface area contributed by atoms with E-state index >= 15 is 0 Å². The van der Waals surface area contributed by atoms with Crippen molar-refractivity contribution < 1.29 is 13.1 Å². The van der Waals surface area contributed by atoms with Gasteiger partial charge in [0.15, 0.2) is 12.4 Å². The first-order valence-electron chi connectivity index (χ1n) is 8.10. The molecule has 1 saturated heterocycles. The van der Waals surface area contributed by atoms with E-state index in [1.165, 1.54) is 4.68 Å². The van der Waals surface area contributed by atoms with Gasteiger partial charge in [-0.3, -0.25) is 9.62 Å². The van der Waals surface area contributed by atoms with Crippen LogP contribution in [0.5, 0.6) is 0 Å². The Balaban J connectivity index is 1.59. The Labute approximate surface area is 165 Å². The van der Waals surface area contributed by atoms with Gasteiger partial charge in [-0.25, -0.2) is 13.1 Å². The summed E-state index contributed by atoms with van der Waals surface area (Å²) in [5, 5.41) is 0. The predicted molar refractivity (Wildman–Crippen MR) is 110 cm³/mol. The van der Waals surface area contributed by atoms with Crippen LogP contribution >= 0.6 is 25.3 Å². The molecule has 7 nitrogen and oxygen atoms in total. The highest BCUT2D eigenvalue weighted by molar-refractivity contribution is 7.99. The van der Waals surface area contributed by atoms with Gasteiger partial charge in [-0.1, -0.05) is 6.07 Å². The number of anilines is 2. The molecule has 1 aliphatic heterocycles. The molecule has 0 spiro atoms. The third kappa shape index (κ3) is 5.19. The van der Waals surface area contributed by atoms with Crippen molar-refractivity contribution in [2.45, 2.75) is 4.71 Å². The van der Waals surface area contributed by atoms with Crippen LogP contribution in [0.4, 0.5) is 11.4 Å².